The van der Waals surface area contributed by atoms with E-state index in [2.05, 4.69) is 5.32 Å². The van der Waals surface area contributed by atoms with Crippen molar-refractivity contribution in [2.24, 2.45) is 0 Å². The van der Waals surface area contributed by atoms with Crippen LogP contribution in [0, 0.1) is 0 Å². The molecule has 0 unspecified atom stereocenters. The van der Waals surface area contributed by atoms with Gasteiger partial charge in [0, 0.05) is 29.3 Å². The van der Waals surface area contributed by atoms with Crippen LogP contribution in [0.5, 0.6) is 11.5 Å². The number of aromatic hydroxyl groups is 1. The van der Waals surface area contributed by atoms with Crippen LogP contribution in [-0.2, 0) is 14.3 Å². The Morgan fingerprint density at radius 1 is 1.29 bits per heavy atom. The molecule has 2 N–H and O–H groups in total. The lowest BCUT2D eigenvalue weighted by Crippen LogP contribution is -2.34. The van der Waals surface area contributed by atoms with Crippen molar-refractivity contribution in [2.45, 2.75) is 52.4 Å². The second kappa shape index (κ2) is 8.50. The number of dihydropyridines is 1. The van der Waals surface area contributed by atoms with Crippen LogP contribution in [-0.4, -0.2) is 30.1 Å². The third kappa shape index (κ3) is 3.77. The zero-order chi connectivity index (χ0) is 20.3. The molecule has 0 saturated carbocycles. The van der Waals surface area contributed by atoms with Crippen LogP contribution in [0.25, 0.3) is 0 Å². The highest BCUT2D eigenvalue weighted by Crippen LogP contribution is 2.44. The summed E-state index contributed by atoms with van der Waals surface area (Å²) >= 11 is 0. The number of esters is 1. The number of nitrogens with one attached hydrogen (secondary N) is 1. The highest BCUT2D eigenvalue weighted by atomic mass is 16.5. The predicted octanol–water partition coefficient (Wildman–Crippen LogP) is 3.71. The fourth-order valence-corrected chi connectivity index (χ4v) is 3.84. The van der Waals surface area contributed by atoms with E-state index in [1.807, 2.05) is 20.8 Å². The van der Waals surface area contributed by atoms with Crippen molar-refractivity contribution in [3.05, 3.63) is 46.3 Å². The largest absolute Gasteiger partial charge is 0.504 e. The molecule has 0 fully saturated rings. The summed E-state index contributed by atoms with van der Waals surface area (Å²) in [4.78, 5) is 25.7. The number of ether oxygens (including phenoxy) is 2. The molecule has 0 amide bonds. The summed E-state index contributed by atoms with van der Waals surface area (Å²) in [7, 11) is 0. The first-order valence-electron chi connectivity index (χ1n) is 9.84. The van der Waals surface area contributed by atoms with Crippen LogP contribution in [0.1, 0.15) is 57.9 Å². The summed E-state index contributed by atoms with van der Waals surface area (Å²) in [5.74, 6) is -0.554. The number of hydrogen-bond acceptors (Lipinski definition) is 6. The summed E-state index contributed by atoms with van der Waals surface area (Å²) in [6.45, 7) is 6.32. The second-order valence-corrected chi connectivity index (χ2v) is 7.06. The number of carbonyl (C=O) groups excluding carboxylic acids is 2. The second-order valence-electron chi connectivity index (χ2n) is 7.06. The van der Waals surface area contributed by atoms with Crippen molar-refractivity contribution < 1.29 is 24.2 Å². The van der Waals surface area contributed by atoms with E-state index in [1.54, 1.807) is 18.2 Å². The lowest BCUT2D eigenvalue weighted by molar-refractivity contribution is -0.139. The molecule has 1 aromatic rings. The van der Waals surface area contributed by atoms with Gasteiger partial charge in [-0.05, 0) is 50.8 Å². The Kier molecular flexibility index (Phi) is 6.07. The quantitative estimate of drug-likeness (QED) is 0.726. The van der Waals surface area contributed by atoms with Crippen molar-refractivity contribution >= 4 is 11.8 Å². The van der Waals surface area contributed by atoms with E-state index < -0.39 is 11.9 Å². The normalized spacial score (nSPS) is 19.2. The van der Waals surface area contributed by atoms with Crippen LogP contribution in [0.3, 0.4) is 0 Å². The Morgan fingerprint density at radius 2 is 2.07 bits per heavy atom. The average Bonchev–Trinajstić information content (AvgIpc) is 2.67. The number of phenolic OH excluding ortho intramolecular Hbond substituents is 1. The van der Waals surface area contributed by atoms with Gasteiger partial charge >= 0.3 is 5.97 Å². The van der Waals surface area contributed by atoms with Gasteiger partial charge in [-0.2, -0.15) is 0 Å². The van der Waals surface area contributed by atoms with Gasteiger partial charge in [0.2, 0.25) is 0 Å². The molecule has 3 rings (SSSR count). The minimum Gasteiger partial charge on any atom is -0.504 e. The Bertz CT molecular complexity index is 852. The highest BCUT2D eigenvalue weighted by Gasteiger charge is 2.39. The fourth-order valence-electron chi connectivity index (χ4n) is 3.84. The molecule has 0 bridgehead atoms. The van der Waals surface area contributed by atoms with E-state index in [0.717, 1.165) is 30.5 Å². The molecule has 1 atom stereocenters. The average molecular weight is 385 g/mol. The van der Waals surface area contributed by atoms with E-state index in [9.17, 15) is 14.7 Å². The van der Waals surface area contributed by atoms with E-state index >= 15 is 0 Å². The van der Waals surface area contributed by atoms with E-state index in [0.29, 0.717) is 42.2 Å². The molecule has 1 heterocycles. The van der Waals surface area contributed by atoms with E-state index in [-0.39, 0.29) is 11.5 Å². The van der Waals surface area contributed by atoms with Crippen molar-refractivity contribution in [1.29, 1.82) is 0 Å². The Morgan fingerprint density at radius 3 is 2.79 bits per heavy atom. The smallest absolute Gasteiger partial charge is 0.336 e. The maximum atomic E-state index is 12.9. The lowest BCUT2D eigenvalue weighted by atomic mass is 9.75. The first kappa shape index (κ1) is 20.0. The summed E-state index contributed by atoms with van der Waals surface area (Å²) in [6.07, 6.45) is 2.74. The Balaban J connectivity index is 2.13. The first-order chi connectivity index (χ1) is 13.5. The number of Topliss-reactive ketones (excluding diaryl/α,β-unsaturated/α-hetero) is 1. The lowest BCUT2D eigenvalue weighted by Gasteiger charge is -2.34. The molecular weight excluding hydrogens is 358 g/mol. The van der Waals surface area contributed by atoms with Gasteiger partial charge in [0.1, 0.15) is 0 Å². The van der Waals surface area contributed by atoms with Crippen LogP contribution < -0.4 is 10.1 Å². The molecule has 2 aliphatic rings. The molecule has 1 aliphatic heterocycles. The van der Waals surface area contributed by atoms with Crippen LogP contribution in [0.4, 0.5) is 0 Å². The SMILES string of the molecule is CCCOC(=O)C1=C(C)NC2=C(C(=O)CCC2)[C@H]1c1ccc(O)c(OCC)c1. The summed E-state index contributed by atoms with van der Waals surface area (Å²) < 4.78 is 10.9. The molecule has 6 heteroatoms. The van der Waals surface area contributed by atoms with Gasteiger partial charge in [-0.15, -0.1) is 0 Å². The van der Waals surface area contributed by atoms with Gasteiger partial charge in [-0.25, -0.2) is 4.79 Å². The number of ketones is 1. The number of rotatable bonds is 6. The molecule has 6 nitrogen and oxygen atoms in total. The van der Waals surface area contributed by atoms with Gasteiger partial charge in [0.15, 0.2) is 17.3 Å². The zero-order valence-electron chi connectivity index (χ0n) is 16.6. The summed E-state index contributed by atoms with van der Waals surface area (Å²) in [5, 5.41) is 13.3. The molecule has 0 aromatic heterocycles. The van der Waals surface area contributed by atoms with E-state index in [1.165, 1.54) is 0 Å². The topological polar surface area (TPSA) is 84.9 Å². The number of allylic oxidation sites excluding steroid dienone is 3. The number of hydrogen-bond donors (Lipinski definition) is 2. The molecule has 150 valence electrons. The number of phenols is 1. The minimum atomic E-state index is -0.534. The third-order valence-corrected chi connectivity index (χ3v) is 5.05. The molecular formula is C22H27NO5. The molecule has 28 heavy (non-hydrogen) atoms. The zero-order valence-corrected chi connectivity index (χ0v) is 16.6. The molecule has 1 aromatic carbocycles. The van der Waals surface area contributed by atoms with Crippen LogP contribution in [0.15, 0.2) is 40.7 Å². The predicted molar refractivity (Wildman–Crippen MR) is 105 cm³/mol. The molecule has 0 saturated heterocycles. The molecule has 1 aliphatic carbocycles. The Labute approximate surface area is 165 Å². The maximum Gasteiger partial charge on any atom is 0.336 e. The van der Waals surface area contributed by atoms with Gasteiger partial charge in [0.05, 0.1) is 18.8 Å². The van der Waals surface area contributed by atoms with E-state index in [4.69, 9.17) is 9.47 Å². The van der Waals surface area contributed by atoms with Gasteiger partial charge in [0.25, 0.3) is 0 Å². The van der Waals surface area contributed by atoms with Crippen molar-refractivity contribution in [2.75, 3.05) is 13.2 Å². The molecule has 0 radical (unpaired) electrons. The Hall–Kier alpha value is -2.76. The summed E-state index contributed by atoms with van der Waals surface area (Å²) in [5.41, 5.74) is 3.36. The maximum absolute atomic E-state index is 12.9. The summed E-state index contributed by atoms with van der Waals surface area (Å²) in [6, 6.07) is 4.99. The number of carbonyl (C=O) groups is 2. The third-order valence-electron chi connectivity index (χ3n) is 5.05. The van der Waals surface area contributed by atoms with Crippen molar-refractivity contribution in [1.82, 2.24) is 5.32 Å². The fraction of sp³-hybridized carbons (Fsp3) is 0.455. The van der Waals surface area contributed by atoms with Crippen molar-refractivity contribution in [3.63, 3.8) is 0 Å². The first-order valence-corrected chi connectivity index (χ1v) is 9.84. The molecule has 0 spiro atoms. The number of benzene rings is 1. The monoisotopic (exact) mass is 385 g/mol. The van der Waals surface area contributed by atoms with Gasteiger partial charge in [-0.1, -0.05) is 13.0 Å². The standard InChI is InChI=1S/C22H27NO5/c1-4-11-28-22(26)19-13(3)23-15-7-6-8-17(25)21(15)20(19)14-9-10-16(24)18(12-14)27-5-2/h9-10,12,20,23-24H,4-8,11H2,1-3H3/t20-/m0/s1. The van der Waals surface area contributed by atoms with Crippen LogP contribution in [0.2, 0.25) is 0 Å². The van der Waals surface area contributed by atoms with Gasteiger partial charge in [-0.3, -0.25) is 4.79 Å². The van der Waals surface area contributed by atoms with Crippen molar-refractivity contribution in [3.8, 4) is 11.5 Å². The van der Waals surface area contributed by atoms with Crippen LogP contribution >= 0.6 is 0 Å². The van der Waals surface area contributed by atoms with Gasteiger partial charge < -0.3 is 19.9 Å². The minimum absolute atomic E-state index is 0.0273. The highest BCUT2D eigenvalue weighted by molar-refractivity contribution is 6.03.